The minimum Gasteiger partial charge on any atom is -0.394 e. The van der Waals surface area contributed by atoms with Crippen LogP contribution >= 0.6 is 0 Å². The Hall–Kier alpha value is -2.27. The van der Waals surface area contributed by atoms with Crippen LogP contribution in [0.5, 0.6) is 0 Å². The molecule has 28 heavy (non-hydrogen) atoms. The van der Waals surface area contributed by atoms with Crippen molar-refractivity contribution in [3.8, 4) is 0 Å². The molecule has 4 atom stereocenters. The van der Waals surface area contributed by atoms with Crippen LogP contribution in [-0.4, -0.2) is 59.8 Å². The molecule has 0 spiro atoms. The maximum Gasteiger partial charge on any atom is 0.280 e. The van der Waals surface area contributed by atoms with Crippen LogP contribution in [0.1, 0.15) is 45.3 Å². The Morgan fingerprint density at radius 1 is 1.36 bits per heavy atom. The molecule has 1 saturated heterocycles. The Bertz CT molecular complexity index is 820. The van der Waals surface area contributed by atoms with Crippen LogP contribution in [0, 0.1) is 0 Å². The highest BCUT2D eigenvalue weighted by atomic mass is 16.6. The van der Waals surface area contributed by atoms with E-state index in [0.717, 1.165) is 0 Å². The van der Waals surface area contributed by atoms with Crippen molar-refractivity contribution in [1.29, 1.82) is 0 Å². The van der Waals surface area contributed by atoms with Crippen LogP contribution in [0.4, 0.5) is 5.95 Å². The van der Waals surface area contributed by atoms with E-state index in [4.69, 9.17) is 15.6 Å². The molecule has 0 aromatic carbocycles. The summed E-state index contributed by atoms with van der Waals surface area (Å²) >= 11 is 0. The fourth-order valence-electron chi connectivity index (χ4n) is 2.95. The minimum atomic E-state index is -1.29. The molecule has 0 bridgehead atoms. The smallest absolute Gasteiger partial charge is 0.280 e. The second-order valence-corrected chi connectivity index (χ2v) is 6.64. The maximum absolute atomic E-state index is 11.7. The Morgan fingerprint density at radius 2 is 2.11 bits per heavy atom. The molecule has 2 aromatic rings. The number of anilines is 1. The predicted molar refractivity (Wildman–Crippen MR) is 105 cm³/mol. The number of aromatic amines is 1. The first-order valence-electron chi connectivity index (χ1n) is 9.40. The number of rotatable bonds is 7. The van der Waals surface area contributed by atoms with Gasteiger partial charge in [0.15, 0.2) is 17.4 Å². The molecule has 0 radical (unpaired) electrons. The van der Waals surface area contributed by atoms with E-state index in [0.29, 0.717) is 0 Å². The van der Waals surface area contributed by atoms with Gasteiger partial charge in [-0.3, -0.25) is 14.3 Å². The first kappa shape index (κ1) is 22.0. The molecular formula is C18H29N5O5. The summed E-state index contributed by atoms with van der Waals surface area (Å²) in [5.74, 6) is -0.101. The molecule has 3 heterocycles. The van der Waals surface area contributed by atoms with Crippen LogP contribution in [0.15, 0.2) is 23.8 Å². The molecule has 1 fully saturated rings. The summed E-state index contributed by atoms with van der Waals surface area (Å²) in [6.07, 6.45) is 5.40. The number of nitrogens with zero attached hydrogens (tertiary/aromatic N) is 3. The lowest BCUT2D eigenvalue weighted by Gasteiger charge is -2.16. The highest BCUT2D eigenvalue weighted by Gasteiger charge is 2.44. The number of nitrogen functional groups attached to an aromatic ring is 1. The molecule has 0 amide bonds. The Labute approximate surface area is 162 Å². The molecule has 156 valence electrons. The molecule has 0 aliphatic carbocycles. The normalized spacial score (nSPS) is 24.1. The summed E-state index contributed by atoms with van der Waals surface area (Å²) < 4.78 is 6.64. The molecule has 1 aliphatic rings. The second-order valence-electron chi connectivity index (χ2n) is 6.64. The van der Waals surface area contributed by atoms with Gasteiger partial charge in [0.1, 0.15) is 18.3 Å². The van der Waals surface area contributed by atoms with Crippen LogP contribution in [-0.2, 0) is 4.74 Å². The summed E-state index contributed by atoms with van der Waals surface area (Å²) in [6.45, 7) is 5.44. The summed E-state index contributed by atoms with van der Waals surface area (Å²) in [5.41, 5.74) is 5.12. The minimum absolute atomic E-state index is 0.0388. The van der Waals surface area contributed by atoms with Crippen molar-refractivity contribution in [2.75, 3.05) is 12.3 Å². The third-order valence-electron chi connectivity index (χ3n) is 4.50. The molecule has 2 aromatic heterocycles. The van der Waals surface area contributed by atoms with E-state index in [1.165, 1.54) is 43.0 Å². The summed E-state index contributed by atoms with van der Waals surface area (Å²) in [6, 6.07) is 0. The zero-order valence-electron chi connectivity index (χ0n) is 16.0. The molecule has 1 aliphatic heterocycles. The second kappa shape index (κ2) is 10.3. The first-order valence-corrected chi connectivity index (χ1v) is 9.40. The van der Waals surface area contributed by atoms with Gasteiger partial charge in [-0.1, -0.05) is 32.3 Å². The third kappa shape index (κ3) is 4.96. The molecule has 3 rings (SSSR count). The lowest BCUT2D eigenvalue weighted by molar-refractivity contribution is -0.0511. The van der Waals surface area contributed by atoms with Gasteiger partial charge in [0.05, 0.1) is 12.9 Å². The lowest BCUT2D eigenvalue weighted by Crippen LogP contribution is -2.33. The number of nitrogens with two attached hydrogens (primary N) is 1. The monoisotopic (exact) mass is 395 g/mol. The highest BCUT2D eigenvalue weighted by Crippen LogP contribution is 2.30. The van der Waals surface area contributed by atoms with Crippen LogP contribution in [0.2, 0.25) is 0 Å². The van der Waals surface area contributed by atoms with E-state index < -0.39 is 36.7 Å². The van der Waals surface area contributed by atoms with E-state index in [9.17, 15) is 15.0 Å². The number of ether oxygens (including phenoxy) is 1. The van der Waals surface area contributed by atoms with Gasteiger partial charge in [0.25, 0.3) is 5.56 Å². The fourth-order valence-corrected chi connectivity index (χ4v) is 2.95. The van der Waals surface area contributed by atoms with Crippen molar-refractivity contribution in [2.45, 2.75) is 63.6 Å². The van der Waals surface area contributed by atoms with Crippen molar-refractivity contribution >= 4 is 17.1 Å². The first-order chi connectivity index (χ1) is 13.4. The van der Waals surface area contributed by atoms with Crippen molar-refractivity contribution in [3.05, 3.63) is 29.3 Å². The quantitative estimate of drug-likeness (QED) is 0.334. The van der Waals surface area contributed by atoms with Crippen molar-refractivity contribution in [1.82, 2.24) is 19.5 Å². The molecule has 6 N–H and O–H groups in total. The maximum atomic E-state index is 11.7. The van der Waals surface area contributed by atoms with Gasteiger partial charge in [-0.15, -0.1) is 6.58 Å². The van der Waals surface area contributed by atoms with E-state index in [2.05, 4.69) is 28.5 Å². The van der Waals surface area contributed by atoms with Gasteiger partial charge in [0.2, 0.25) is 5.95 Å². The van der Waals surface area contributed by atoms with E-state index in [1.807, 2.05) is 6.08 Å². The van der Waals surface area contributed by atoms with Crippen molar-refractivity contribution in [3.63, 3.8) is 0 Å². The number of fused-ring (bicyclic) bond motifs is 1. The van der Waals surface area contributed by atoms with Crippen molar-refractivity contribution < 1.29 is 20.1 Å². The number of nitrogens with one attached hydrogen (secondary N) is 1. The van der Waals surface area contributed by atoms with Gasteiger partial charge in [0, 0.05) is 0 Å². The summed E-state index contributed by atoms with van der Waals surface area (Å²) in [5, 5.41) is 28.7. The van der Waals surface area contributed by atoms with Gasteiger partial charge in [-0.2, -0.15) is 4.98 Å². The Morgan fingerprint density at radius 3 is 2.71 bits per heavy atom. The zero-order valence-corrected chi connectivity index (χ0v) is 16.0. The van der Waals surface area contributed by atoms with Gasteiger partial charge in [-0.25, -0.2) is 4.98 Å². The number of hydrogen-bond donors (Lipinski definition) is 5. The average Bonchev–Trinajstić information content (AvgIpc) is 3.21. The topological polar surface area (TPSA) is 160 Å². The number of H-pyrrole nitrogens is 1. The van der Waals surface area contributed by atoms with Crippen LogP contribution in [0.3, 0.4) is 0 Å². The largest absolute Gasteiger partial charge is 0.394 e. The number of aliphatic hydroxyl groups is 3. The fraction of sp³-hybridized carbons (Fsp3) is 0.611. The van der Waals surface area contributed by atoms with Gasteiger partial charge < -0.3 is 25.8 Å². The van der Waals surface area contributed by atoms with E-state index in [1.54, 1.807) is 0 Å². The van der Waals surface area contributed by atoms with E-state index in [-0.39, 0.29) is 17.1 Å². The zero-order chi connectivity index (χ0) is 20.7. The van der Waals surface area contributed by atoms with Gasteiger partial charge in [-0.05, 0) is 12.8 Å². The summed E-state index contributed by atoms with van der Waals surface area (Å²) in [4.78, 5) is 21.8. The van der Waals surface area contributed by atoms with E-state index >= 15 is 0 Å². The molecule has 0 unspecified atom stereocenters. The Kier molecular flexibility index (Phi) is 8.12. The molecule has 10 nitrogen and oxygen atoms in total. The number of unbranched alkanes of at least 4 members (excludes halogenated alkanes) is 4. The molecular weight excluding hydrogens is 366 g/mol. The SMILES string of the molecule is C=CCCCCCC.Nc1nc2c(ncn2[C@@H]2O[C@H](CO)[C@@H](O)[C@H]2O)c(=O)[nH]1. The standard InChI is InChI=1S/C10H13N5O5.C8H16/c11-10-13-7-4(8(19)14-10)12-2-15(7)9-6(18)5(17)3(1-16)20-9;1-3-5-7-8-6-4-2/h2-3,5-6,9,16-18H,1H2,(H3,11,13,14,19);3H,1,4-8H2,2H3/t3-,5-,6-,9-;/m1./s1. The lowest BCUT2D eigenvalue weighted by atomic mass is 10.1. The number of aliphatic hydroxyl groups excluding tert-OH is 3. The number of hydrogen-bond acceptors (Lipinski definition) is 8. The summed E-state index contributed by atoms with van der Waals surface area (Å²) in [7, 11) is 0. The van der Waals surface area contributed by atoms with Crippen molar-refractivity contribution in [2.24, 2.45) is 0 Å². The van der Waals surface area contributed by atoms with Crippen LogP contribution in [0.25, 0.3) is 11.2 Å². The Balaban J connectivity index is 0.000000300. The number of imidazole rings is 1. The van der Waals surface area contributed by atoms with Gasteiger partial charge >= 0.3 is 0 Å². The predicted octanol–water partition coefficient (Wildman–Crippen LogP) is 0.456. The number of allylic oxidation sites excluding steroid dienone is 1. The molecule has 10 heteroatoms. The average molecular weight is 395 g/mol. The molecule has 0 saturated carbocycles. The number of aromatic nitrogens is 4. The third-order valence-corrected chi connectivity index (χ3v) is 4.50. The van der Waals surface area contributed by atoms with Crippen LogP contribution < -0.4 is 11.3 Å². The highest BCUT2D eigenvalue weighted by molar-refractivity contribution is 5.70.